The average molecular weight is 278 g/mol. The molecule has 0 bridgehead atoms. The van der Waals surface area contributed by atoms with Crippen molar-refractivity contribution in [1.82, 2.24) is 5.32 Å². The van der Waals surface area contributed by atoms with Crippen molar-refractivity contribution in [2.24, 2.45) is 11.8 Å². The molecule has 0 unspecified atom stereocenters. The summed E-state index contributed by atoms with van der Waals surface area (Å²) in [5.74, 6) is 0.721. The normalized spacial score (nSPS) is 28.9. The molecule has 0 atom stereocenters. The van der Waals surface area contributed by atoms with Crippen LogP contribution in [0.2, 0.25) is 0 Å². The molecule has 4 nitrogen and oxygen atoms in total. The van der Waals surface area contributed by atoms with E-state index in [-0.39, 0.29) is 17.6 Å². The Kier molecular flexibility index (Phi) is 4.27. The first kappa shape index (κ1) is 15.2. The Morgan fingerprint density at radius 1 is 1.25 bits per heavy atom. The lowest BCUT2D eigenvalue weighted by Gasteiger charge is -2.50. The first-order valence-electron chi connectivity index (χ1n) is 7.75. The highest BCUT2D eigenvalue weighted by Gasteiger charge is 2.46. The van der Waals surface area contributed by atoms with Gasteiger partial charge in [0, 0.05) is 11.5 Å². The number of nitriles is 1. The maximum absolute atomic E-state index is 12.0. The first-order chi connectivity index (χ1) is 9.35. The van der Waals surface area contributed by atoms with Crippen molar-refractivity contribution in [2.75, 3.05) is 0 Å². The van der Waals surface area contributed by atoms with Crippen LogP contribution in [0.4, 0.5) is 4.79 Å². The second-order valence-corrected chi connectivity index (χ2v) is 7.31. The van der Waals surface area contributed by atoms with Crippen LogP contribution in [0.15, 0.2) is 0 Å². The zero-order chi connectivity index (χ0) is 14.8. The Morgan fingerprint density at radius 3 is 2.25 bits per heavy atom. The molecule has 1 N–H and O–H groups in total. The molecule has 0 aliphatic heterocycles. The van der Waals surface area contributed by atoms with E-state index in [0.717, 1.165) is 38.5 Å². The SMILES string of the molecule is CC(C)(C)OC(=O)NC1(C2CCC(C#N)CC2)CCC1. The van der Waals surface area contributed by atoms with Crippen molar-refractivity contribution >= 4 is 6.09 Å². The molecule has 20 heavy (non-hydrogen) atoms. The third kappa shape index (κ3) is 3.45. The van der Waals surface area contributed by atoms with E-state index in [2.05, 4.69) is 11.4 Å². The minimum absolute atomic E-state index is 0.0667. The molecular formula is C16H26N2O2. The molecule has 112 valence electrons. The third-order valence-corrected chi connectivity index (χ3v) is 4.69. The molecule has 0 spiro atoms. The number of hydrogen-bond acceptors (Lipinski definition) is 3. The van der Waals surface area contributed by atoms with Gasteiger partial charge in [0.15, 0.2) is 0 Å². The zero-order valence-electron chi connectivity index (χ0n) is 12.9. The van der Waals surface area contributed by atoms with Crippen molar-refractivity contribution in [3.63, 3.8) is 0 Å². The lowest BCUT2D eigenvalue weighted by Crippen LogP contribution is -2.59. The Morgan fingerprint density at radius 2 is 1.85 bits per heavy atom. The van der Waals surface area contributed by atoms with E-state index in [0.29, 0.717) is 5.92 Å². The van der Waals surface area contributed by atoms with Crippen LogP contribution in [-0.2, 0) is 4.74 Å². The van der Waals surface area contributed by atoms with Crippen LogP contribution in [0.5, 0.6) is 0 Å². The third-order valence-electron chi connectivity index (χ3n) is 4.69. The van der Waals surface area contributed by atoms with Crippen LogP contribution in [0.1, 0.15) is 65.7 Å². The van der Waals surface area contributed by atoms with Gasteiger partial charge < -0.3 is 10.1 Å². The van der Waals surface area contributed by atoms with Crippen LogP contribution >= 0.6 is 0 Å². The molecule has 1 amide bonds. The standard InChI is InChI=1S/C16H26N2O2/c1-15(2,3)20-14(19)18-16(9-4-10-16)13-7-5-12(11-17)6-8-13/h12-13H,4-10H2,1-3H3,(H,18,19). The Hall–Kier alpha value is -1.24. The highest BCUT2D eigenvalue weighted by atomic mass is 16.6. The van der Waals surface area contributed by atoms with Crippen molar-refractivity contribution in [1.29, 1.82) is 5.26 Å². The van der Waals surface area contributed by atoms with Crippen molar-refractivity contribution < 1.29 is 9.53 Å². The van der Waals surface area contributed by atoms with E-state index >= 15 is 0 Å². The molecule has 0 radical (unpaired) electrons. The quantitative estimate of drug-likeness (QED) is 0.836. The molecule has 2 fully saturated rings. The lowest BCUT2D eigenvalue weighted by molar-refractivity contribution is 0.0196. The van der Waals surface area contributed by atoms with Gasteiger partial charge in [-0.1, -0.05) is 0 Å². The smallest absolute Gasteiger partial charge is 0.408 e. The van der Waals surface area contributed by atoms with E-state index in [1.807, 2.05) is 20.8 Å². The topological polar surface area (TPSA) is 62.1 Å². The molecular weight excluding hydrogens is 252 g/mol. The fraction of sp³-hybridized carbons (Fsp3) is 0.875. The molecule has 0 aromatic rings. The van der Waals surface area contributed by atoms with Crippen LogP contribution in [0.25, 0.3) is 0 Å². The Balaban J connectivity index is 1.93. The maximum atomic E-state index is 12.0. The zero-order valence-corrected chi connectivity index (χ0v) is 12.9. The summed E-state index contributed by atoms with van der Waals surface area (Å²) in [4.78, 5) is 12.0. The van der Waals surface area contributed by atoms with E-state index < -0.39 is 5.60 Å². The number of carbonyl (C=O) groups is 1. The fourth-order valence-corrected chi connectivity index (χ4v) is 3.47. The minimum atomic E-state index is -0.451. The van der Waals surface area contributed by atoms with Crippen molar-refractivity contribution in [3.8, 4) is 6.07 Å². The Labute approximate surface area is 121 Å². The number of ether oxygens (including phenoxy) is 1. The minimum Gasteiger partial charge on any atom is -0.444 e. The van der Waals surface area contributed by atoms with Gasteiger partial charge in [0.1, 0.15) is 5.60 Å². The molecule has 0 heterocycles. The van der Waals surface area contributed by atoms with Gasteiger partial charge in [0.05, 0.1) is 6.07 Å². The molecule has 2 rings (SSSR count). The van der Waals surface area contributed by atoms with Gasteiger partial charge in [0.2, 0.25) is 0 Å². The summed E-state index contributed by atoms with van der Waals surface area (Å²) in [6, 6.07) is 2.37. The summed E-state index contributed by atoms with van der Waals surface area (Å²) in [7, 11) is 0. The largest absolute Gasteiger partial charge is 0.444 e. The summed E-state index contributed by atoms with van der Waals surface area (Å²) in [6.45, 7) is 5.66. The molecule has 2 aliphatic rings. The van der Waals surface area contributed by atoms with Gasteiger partial charge in [-0.3, -0.25) is 0 Å². The summed E-state index contributed by atoms with van der Waals surface area (Å²) in [5, 5.41) is 12.1. The highest BCUT2D eigenvalue weighted by Crippen LogP contribution is 2.45. The predicted molar refractivity (Wildman–Crippen MR) is 77.0 cm³/mol. The monoisotopic (exact) mass is 278 g/mol. The molecule has 0 aromatic carbocycles. The number of nitrogens with one attached hydrogen (secondary N) is 1. The number of hydrogen-bond donors (Lipinski definition) is 1. The summed E-state index contributed by atoms with van der Waals surface area (Å²) >= 11 is 0. The van der Waals surface area contributed by atoms with Gasteiger partial charge in [0.25, 0.3) is 0 Å². The van der Waals surface area contributed by atoms with Crippen LogP contribution in [0, 0.1) is 23.2 Å². The fourth-order valence-electron chi connectivity index (χ4n) is 3.47. The maximum Gasteiger partial charge on any atom is 0.408 e. The van der Waals surface area contributed by atoms with E-state index in [9.17, 15) is 4.79 Å². The summed E-state index contributed by atoms with van der Waals surface area (Å²) in [5.41, 5.74) is -0.518. The molecule has 2 saturated carbocycles. The van der Waals surface area contributed by atoms with Crippen molar-refractivity contribution in [2.45, 2.75) is 76.9 Å². The van der Waals surface area contributed by atoms with Gasteiger partial charge in [-0.05, 0) is 71.6 Å². The van der Waals surface area contributed by atoms with E-state index in [4.69, 9.17) is 10.00 Å². The number of amides is 1. The summed E-state index contributed by atoms with van der Waals surface area (Å²) < 4.78 is 5.40. The van der Waals surface area contributed by atoms with Crippen LogP contribution in [-0.4, -0.2) is 17.2 Å². The second-order valence-electron chi connectivity index (χ2n) is 7.31. The number of alkyl carbamates (subject to hydrolysis) is 1. The number of rotatable bonds is 2. The van der Waals surface area contributed by atoms with Crippen molar-refractivity contribution in [3.05, 3.63) is 0 Å². The molecule has 0 aromatic heterocycles. The second kappa shape index (κ2) is 5.63. The number of nitrogens with zero attached hydrogens (tertiary/aromatic N) is 1. The van der Waals surface area contributed by atoms with Gasteiger partial charge in [-0.2, -0.15) is 5.26 Å². The molecule has 0 saturated heterocycles. The van der Waals surface area contributed by atoms with E-state index in [1.165, 1.54) is 6.42 Å². The molecule has 4 heteroatoms. The predicted octanol–water partition coefficient (Wildman–Crippen LogP) is 3.76. The van der Waals surface area contributed by atoms with Crippen LogP contribution in [0.3, 0.4) is 0 Å². The summed E-state index contributed by atoms with van der Waals surface area (Å²) in [6.07, 6.45) is 7.02. The molecule has 2 aliphatic carbocycles. The lowest BCUT2D eigenvalue weighted by atomic mass is 9.62. The van der Waals surface area contributed by atoms with Gasteiger partial charge in [-0.15, -0.1) is 0 Å². The average Bonchev–Trinajstić information content (AvgIpc) is 2.32. The number of carbonyl (C=O) groups excluding carboxylic acids is 1. The highest BCUT2D eigenvalue weighted by molar-refractivity contribution is 5.69. The van der Waals surface area contributed by atoms with Crippen LogP contribution < -0.4 is 5.32 Å². The van der Waals surface area contributed by atoms with Gasteiger partial charge >= 0.3 is 6.09 Å². The van der Waals surface area contributed by atoms with E-state index in [1.54, 1.807) is 0 Å². The Bertz CT molecular complexity index is 394. The first-order valence-corrected chi connectivity index (χ1v) is 7.75. The van der Waals surface area contributed by atoms with Gasteiger partial charge in [-0.25, -0.2) is 4.79 Å².